The highest BCUT2D eigenvalue weighted by Gasteiger charge is 2.28. The van der Waals surface area contributed by atoms with Crippen molar-refractivity contribution in [3.63, 3.8) is 0 Å². The minimum Gasteiger partial charge on any atom is -0.316 e. The summed E-state index contributed by atoms with van der Waals surface area (Å²) < 4.78 is 15.3. The summed E-state index contributed by atoms with van der Waals surface area (Å²) in [6.07, 6.45) is 2.00. The highest BCUT2D eigenvalue weighted by Crippen LogP contribution is 2.37. The molecule has 0 atom stereocenters. The van der Waals surface area contributed by atoms with E-state index in [-0.39, 0.29) is 17.5 Å². The number of aromatic amines is 1. The van der Waals surface area contributed by atoms with Crippen LogP contribution in [-0.2, 0) is 6.54 Å². The monoisotopic (exact) mass is 294 g/mol. The number of hydrogen-bond acceptors (Lipinski definition) is 4. The first-order valence-electron chi connectivity index (χ1n) is 6.46. The molecule has 0 amide bonds. The zero-order chi connectivity index (χ0) is 14.1. The van der Waals surface area contributed by atoms with Crippen molar-refractivity contribution >= 4 is 11.8 Å². The smallest absolute Gasteiger partial charge is 0.316 e. The van der Waals surface area contributed by atoms with Crippen LogP contribution in [0.2, 0.25) is 0 Å². The maximum Gasteiger partial charge on any atom is 0.344 e. The van der Waals surface area contributed by atoms with Crippen LogP contribution in [-0.4, -0.2) is 21.8 Å². The van der Waals surface area contributed by atoms with Crippen molar-refractivity contribution in [3.8, 4) is 0 Å². The molecule has 1 aromatic carbocycles. The van der Waals surface area contributed by atoms with Gasteiger partial charge < -0.3 is 5.32 Å². The first kappa shape index (κ1) is 13.4. The lowest BCUT2D eigenvalue weighted by molar-refractivity contribution is 0.619. The van der Waals surface area contributed by atoms with E-state index < -0.39 is 0 Å². The van der Waals surface area contributed by atoms with Crippen molar-refractivity contribution in [1.29, 1.82) is 0 Å². The van der Waals surface area contributed by atoms with Crippen molar-refractivity contribution in [1.82, 2.24) is 20.1 Å². The molecule has 0 bridgehead atoms. The Labute approximate surface area is 119 Å². The third-order valence-electron chi connectivity index (χ3n) is 3.11. The molecule has 3 rings (SSSR count). The van der Waals surface area contributed by atoms with E-state index in [4.69, 9.17) is 0 Å². The van der Waals surface area contributed by atoms with Crippen molar-refractivity contribution < 1.29 is 4.39 Å². The molecule has 1 aliphatic carbocycles. The Balaban J connectivity index is 1.89. The summed E-state index contributed by atoms with van der Waals surface area (Å²) in [6, 6.07) is 5.11. The number of rotatable bonds is 5. The normalized spacial score (nSPS) is 14.7. The topological polar surface area (TPSA) is 62.7 Å². The van der Waals surface area contributed by atoms with Crippen LogP contribution in [0, 0.1) is 5.82 Å². The predicted octanol–water partition coefficient (Wildman–Crippen LogP) is 1.92. The molecule has 2 aromatic rings. The second-order valence-corrected chi connectivity index (χ2v) is 5.88. The van der Waals surface area contributed by atoms with Gasteiger partial charge in [-0.3, -0.25) is 4.57 Å². The summed E-state index contributed by atoms with van der Waals surface area (Å²) in [7, 11) is 1.82. The molecule has 2 N–H and O–H groups in total. The van der Waals surface area contributed by atoms with Crippen LogP contribution in [0.15, 0.2) is 33.0 Å². The minimum atomic E-state index is -0.281. The lowest BCUT2D eigenvalue weighted by Crippen LogP contribution is -2.16. The Morgan fingerprint density at radius 1 is 1.50 bits per heavy atom. The average Bonchev–Trinajstić information content (AvgIpc) is 3.15. The van der Waals surface area contributed by atoms with Gasteiger partial charge in [0.05, 0.1) is 0 Å². The largest absolute Gasteiger partial charge is 0.344 e. The van der Waals surface area contributed by atoms with Crippen molar-refractivity contribution in [2.24, 2.45) is 0 Å². The molecular weight excluding hydrogens is 279 g/mol. The van der Waals surface area contributed by atoms with Gasteiger partial charge in [0.1, 0.15) is 5.82 Å². The molecule has 106 valence electrons. The van der Waals surface area contributed by atoms with E-state index in [1.807, 2.05) is 13.1 Å². The van der Waals surface area contributed by atoms with Crippen LogP contribution in [0.3, 0.4) is 0 Å². The SMILES string of the molecule is CNCc1cc(F)cc(Sc2n[nH]c(=O)n2C2CC2)c1. The predicted molar refractivity (Wildman–Crippen MR) is 74.4 cm³/mol. The summed E-state index contributed by atoms with van der Waals surface area (Å²) >= 11 is 1.31. The minimum absolute atomic E-state index is 0.193. The third-order valence-corrected chi connectivity index (χ3v) is 4.05. The van der Waals surface area contributed by atoms with Crippen molar-refractivity contribution in [3.05, 3.63) is 40.1 Å². The van der Waals surface area contributed by atoms with E-state index >= 15 is 0 Å². The lowest BCUT2D eigenvalue weighted by atomic mass is 10.2. The fourth-order valence-corrected chi connectivity index (χ4v) is 3.12. The Hall–Kier alpha value is -1.60. The Morgan fingerprint density at radius 3 is 3.00 bits per heavy atom. The molecule has 1 fully saturated rings. The van der Waals surface area contributed by atoms with Gasteiger partial charge in [-0.05, 0) is 55.4 Å². The van der Waals surface area contributed by atoms with Gasteiger partial charge >= 0.3 is 5.69 Å². The zero-order valence-electron chi connectivity index (χ0n) is 11.0. The van der Waals surface area contributed by atoms with Crippen LogP contribution >= 0.6 is 11.8 Å². The molecule has 5 nitrogen and oxygen atoms in total. The molecule has 20 heavy (non-hydrogen) atoms. The number of benzene rings is 1. The van der Waals surface area contributed by atoms with Crippen LogP contribution in [0.4, 0.5) is 4.39 Å². The standard InChI is InChI=1S/C13H15FN4OS/c1-15-7-8-4-9(14)6-11(5-8)20-13-17-16-12(19)18(13)10-2-3-10/h4-6,10,15H,2-3,7H2,1H3,(H,16,19). The molecule has 0 unspecified atom stereocenters. The molecular formula is C13H15FN4OS. The number of nitrogens with one attached hydrogen (secondary N) is 2. The van der Waals surface area contributed by atoms with Crippen LogP contribution < -0.4 is 11.0 Å². The van der Waals surface area contributed by atoms with Crippen LogP contribution in [0.25, 0.3) is 0 Å². The van der Waals surface area contributed by atoms with Gasteiger partial charge in [-0.1, -0.05) is 0 Å². The maximum absolute atomic E-state index is 13.6. The molecule has 0 saturated heterocycles. The number of hydrogen-bond donors (Lipinski definition) is 2. The van der Waals surface area contributed by atoms with Crippen molar-refractivity contribution in [2.75, 3.05) is 7.05 Å². The first-order valence-corrected chi connectivity index (χ1v) is 7.28. The van der Waals surface area contributed by atoms with Gasteiger partial charge in [0, 0.05) is 17.5 Å². The van der Waals surface area contributed by atoms with Gasteiger partial charge in [-0.2, -0.15) is 0 Å². The number of nitrogens with zero attached hydrogens (tertiary/aromatic N) is 2. The Kier molecular flexibility index (Phi) is 3.62. The molecule has 0 aliphatic heterocycles. The number of halogens is 1. The van der Waals surface area contributed by atoms with Crippen LogP contribution in [0.5, 0.6) is 0 Å². The summed E-state index contributed by atoms with van der Waals surface area (Å²) in [5.41, 5.74) is 0.674. The number of H-pyrrole nitrogens is 1. The van der Waals surface area contributed by atoms with E-state index in [0.717, 1.165) is 23.3 Å². The van der Waals surface area contributed by atoms with E-state index in [0.29, 0.717) is 11.7 Å². The third kappa shape index (κ3) is 2.78. The van der Waals surface area contributed by atoms with Gasteiger partial charge in [0.2, 0.25) is 0 Å². The summed E-state index contributed by atoms with van der Waals surface area (Å²) in [5.74, 6) is -0.281. The van der Waals surface area contributed by atoms with E-state index in [1.165, 1.54) is 23.9 Å². The van der Waals surface area contributed by atoms with Gasteiger partial charge in [0.25, 0.3) is 0 Å². The quantitative estimate of drug-likeness (QED) is 0.884. The highest BCUT2D eigenvalue weighted by molar-refractivity contribution is 7.99. The summed E-state index contributed by atoms with van der Waals surface area (Å²) in [6.45, 7) is 0.599. The van der Waals surface area contributed by atoms with Gasteiger partial charge in [-0.25, -0.2) is 14.3 Å². The molecule has 0 spiro atoms. The van der Waals surface area contributed by atoms with Gasteiger partial charge in [-0.15, -0.1) is 5.10 Å². The molecule has 1 saturated carbocycles. The fraction of sp³-hybridized carbons (Fsp3) is 0.385. The second-order valence-electron chi connectivity index (χ2n) is 4.84. The first-order chi connectivity index (χ1) is 9.67. The fourth-order valence-electron chi connectivity index (χ4n) is 2.11. The second kappa shape index (κ2) is 5.41. The zero-order valence-corrected chi connectivity index (χ0v) is 11.8. The lowest BCUT2D eigenvalue weighted by Gasteiger charge is -2.06. The molecule has 1 aliphatic rings. The molecule has 0 radical (unpaired) electrons. The van der Waals surface area contributed by atoms with Crippen molar-refractivity contribution in [2.45, 2.75) is 35.5 Å². The Bertz CT molecular complexity index is 677. The molecule has 7 heteroatoms. The van der Waals surface area contributed by atoms with Crippen LogP contribution in [0.1, 0.15) is 24.4 Å². The average molecular weight is 294 g/mol. The van der Waals surface area contributed by atoms with E-state index in [2.05, 4.69) is 15.5 Å². The summed E-state index contributed by atoms with van der Waals surface area (Å²) in [5, 5.41) is 10.1. The maximum atomic E-state index is 13.6. The summed E-state index contributed by atoms with van der Waals surface area (Å²) in [4.78, 5) is 12.4. The Morgan fingerprint density at radius 2 is 2.30 bits per heavy atom. The van der Waals surface area contributed by atoms with E-state index in [1.54, 1.807) is 4.57 Å². The van der Waals surface area contributed by atoms with Gasteiger partial charge in [0.15, 0.2) is 5.16 Å². The number of aromatic nitrogens is 3. The van der Waals surface area contributed by atoms with E-state index in [9.17, 15) is 9.18 Å². The highest BCUT2D eigenvalue weighted by atomic mass is 32.2. The molecule has 1 aromatic heterocycles. The molecule has 1 heterocycles.